The summed E-state index contributed by atoms with van der Waals surface area (Å²) in [7, 11) is -4.50. The number of aromatic hydroxyl groups is 2. The average molecular weight is 266 g/mol. The molecular weight excluding hydrogens is 255 g/mol. The molecule has 0 amide bonds. The van der Waals surface area contributed by atoms with Crippen molar-refractivity contribution in [1.29, 1.82) is 0 Å². The third-order valence-corrected chi connectivity index (χ3v) is 3.45. The zero-order valence-electron chi connectivity index (χ0n) is 9.19. The summed E-state index contributed by atoms with van der Waals surface area (Å²) in [6.07, 6.45) is 0. The zero-order valence-corrected chi connectivity index (χ0v) is 10.1. The van der Waals surface area contributed by atoms with E-state index in [0.29, 0.717) is 5.56 Å². The Morgan fingerprint density at radius 1 is 0.889 bits per heavy atom. The van der Waals surface area contributed by atoms with Crippen LogP contribution in [-0.4, -0.2) is 20.0 Å². The highest BCUT2D eigenvalue weighted by atomic mass is 31.2. The van der Waals surface area contributed by atoms with E-state index in [-0.39, 0.29) is 22.4 Å². The van der Waals surface area contributed by atoms with Crippen molar-refractivity contribution in [3.05, 3.63) is 42.5 Å². The minimum absolute atomic E-state index is 0.00256. The Hall–Kier alpha value is -1.81. The maximum Gasteiger partial charge on any atom is 0.356 e. The van der Waals surface area contributed by atoms with E-state index in [9.17, 15) is 24.6 Å². The molecule has 0 saturated heterocycles. The van der Waals surface area contributed by atoms with Gasteiger partial charge in [0.2, 0.25) is 0 Å². The number of phenolic OH excluding ortho intramolecular Hbond substituents is 2. The van der Waals surface area contributed by atoms with Crippen LogP contribution in [0.3, 0.4) is 0 Å². The lowest BCUT2D eigenvalue weighted by molar-refractivity contribution is 0.387. The summed E-state index contributed by atoms with van der Waals surface area (Å²) in [5.41, 5.74) is 0.741. The van der Waals surface area contributed by atoms with Gasteiger partial charge in [-0.25, -0.2) is 0 Å². The smallest absolute Gasteiger partial charge is 0.356 e. The fraction of sp³-hybridized carbons (Fsp3) is 0. The second kappa shape index (κ2) is 4.46. The molecule has 0 aliphatic rings. The Balaban J connectivity index is 2.68. The third-order valence-electron chi connectivity index (χ3n) is 2.45. The van der Waals surface area contributed by atoms with Gasteiger partial charge in [-0.05, 0) is 41.5 Å². The minimum atomic E-state index is -4.50. The monoisotopic (exact) mass is 266 g/mol. The second-order valence-corrected chi connectivity index (χ2v) is 5.37. The van der Waals surface area contributed by atoms with Gasteiger partial charge >= 0.3 is 7.60 Å². The number of phenols is 2. The summed E-state index contributed by atoms with van der Waals surface area (Å²) in [5, 5.41) is 18.4. The summed E-state index contributed by atoms with van der Waals surface area (Å²) < 4.78 is 11.4. The molecule has 2 rings (SSSR count). The Labute approximate surface area is 103 Å². The van der Waals surface area contributed by atoms with Gasteiger partial charge in [0.1, 0.15) is 11.5 Å². The van der Waals surface area contributed by atoms with Crippen LogP contribution in [0.4, 0.5) is 0 Å². The van der Waals surface area contributed by atoms with Gasteiger partial charge in [-0.2, -0.15) is 0 Å². The van der Waals surface area contributed by atoms with E-state index < -0.39 is 7.60 Å². The van der Waals surface area contributed by atoms with Gasteiger partial charge in [0, 0.05) is 0 Å². The van der Waals surface area contributed by atoms with Gasteiger partial charge < -0.3 is 20.0 Å². The normalized spacial score (nSPS) is 11.4. The molecule has 4 N–H and O–H groups in total. The molecule has 6 heteroatoms. The molecule has 0 aliphatic heterocycles. The van der Waals surface area contributed by atoms with E-state index in [2.05, 4.69) is 0 Å². The highest BCUT2D eigenvalue weighted by Crippen LogP contribution is 2.39. The van der Waals surface area contributed by atoms with E-state index >= 15 is 0 Å². The topological polar surface area (TPSA) is 98.0 Å². The lowest BCUT2D eigenvalue weighted by Crippen LogP contribution is -2.07. The van der Waals surface area contributed by atoms with Crippen molar-refractivity contribution in [3.63, 3.8) is 0 Å². The van der Waals surface area contributed by atoms with E-state index in [1.165, 1.54) is 24.3 Å². The molecule has 0 radical (unpaired) electrons. The van der Waals surface area contributed by atoms with Crippen molar-refractivity contribution in [3.8, 4) is 22.6 Å². The summed E-state index contributed by atoms with van der Waals surface area (Å²) in [4.78, 5) is 18.5. The summed E-state index contributed by atoms with van der Waals surface area (Å²) in [6.45, 7) is 0. The zero-order chi connectivity index (χ0) is 13.3. The van der Waals surface area contributed by atoms with E-state index in [4.69, 9.17) is 0 Å². The molecule has 5 nitrogen and oxygen atoms in total. The maximum absolute atomic E-state index is 11.4. The highest BCUT2D eigenvalue weighted by molar-refractivity contribution is 7.60. The number of hydrogen-bond acceptors (Lipinski definition) is 3. The largest absolute Gasteiger partial charge is 0.508 e. The third kappa shape index (κ3) is 2.54. The van der Waals surface area contributed by atoms with Gasteiger partial charge in [0.15, 0.2) is 0 Å². The molecule has 0 atom stereocenters. The van der Waals surface area contributed by atoms with Crippen LogP contribution in [0, 0.1) is 0 Å². The molecule has 0 bridgehead atoms. The van der Waals surface area contributed by atoms with Crippen LogP contribution in [0.5, 0.6) is 11.5 Å². The molecule has 0 saturated carbocycles. The Kier molecular flexibility index (Phi) is 3.13. The number of benzene rings is 2. The average Bonchev–Trinajstić information content (AvgIpc) is 2.27. The highest BCUT2D eigenvalue weighted by Gasteiger charge is 2.23. The summed E-state index contributed by atoms with van der Waals surface area (Å²) >= 11 is 0. The quantitative estimate of drug-likeness (QED) is 0.618. The second-order valence-electron chi connectivity index (χ2n) is 3.80. The Morgan fingerprint density at radius 3 is 2.17 bits per heavy atom. The van der Waals surface area contributed by atoms with Gasteiger partial charge in [-0.1, -0.05) is 12.1 Å². The van der Waals surface area contributed by atoms with Crippen LogP contribution in [-0.2, 0) is 4.57 Å². The number of rotatable bonds is 2. The molecule has 0 spiro atoms. The van der Waals surface area contributed by atoms with Crippen molar-refractivity contribution in [1.82, 2.24) is 0 Å². The molecule has 0 aromatic heterocycles. The molecule has 0 unspecified atom stereocenters. The summed E-state index contributed by atoms with van der Waals surface area (Å²) in [6, 6.07) is 9.80. The predicted molar refractivity (Wildman–Crippen MR) is 66.9 cm³/mol. The van der Waals surface area contributed by atoms with Crippen LogP contribution in [0.15, 0.2) is 42.5 Å². The van der Waals surface area contributed by atoms with Gasteiger partial charge in [-0.3, -0.25) is 4.57 Å². The van der Waals surface area contributed by atoms with Crippen LogP contribution < -0.4 is 5.30 Å². The molecule has 0 aliphatic carbocycles. The Bertz CT molecular complexity index is 632. The van der Waals surface area contributed by atoms with Gasteiger partial charge in [0.25, 0.3) is 0 Å². The first kappa shape index (κ1) is 12.6. The molecule has 0 heterocycles. The first-order valence-electron chi connectivity index (χ1n) is 5.06. The van der Waals surface area contributed by atoms with Crippen LogP contribution in [0.2, 0.25) is 0 Å². The fourth-order valence-corrected chi connectivity index (χ4v) is 2.50. The molecular formula is C12H11O5P. The van der Waals surface area contributed by atoms with Crippen molar-refractivity contribution in [2.45, 2.75) is 0 Å². The van der Waals surface area contributed by atoms with Crippen LogP contribution in [0.25, 0.3) is 11.1 Å². The minimum Gasteiger partial charge on any atom is -0.508 e. The van der Waals surface area contributed by atoms with Crippen LogP contribution >= 0.6 is 7.60 Å². The van der Waals surface area contributed by atoms with Gasteiger partial charge in [0.05, 0.1) is 5.30 Å². The standard InChI is InChI=1S/C12H11O5P/c13-9-3-1-2-8(6-9)11-5-4-10(14)7-12(11)18(15,16)17/h1-7,13-14H,(H2,15,16,17). The van der Waals surface area contributed by atoms with Crippen molar-refractivity contribution in [2.24, 2.45) is 0 Å². The van der Waals surface area contributed by atoms with Gasteiger partial charge in [-0.15, -0.1) is 0 Å². The fourth-order valence-electron chi connectivity index (χ4n) is 1.68. The molecule has 0 fully saturated rings. The SMILES string of the molecule is O=P(O)(O)c1cc(O)ccc1-c1cccc(O)c1. The van der Waals surface area contributed by atoms with Crippen molar-refractivity contribution >= 4 is 12.9 Å². The van der Waals surface area contributed by atoms with E-state index in [1.807, 2.05) is 0 Å². The molecule has 94 valence electrons. The van der Waals surface area contributed by atoms with Crippen molar-refractivity contribution < 1.29 is 24.6 Å². The lowest BCUT2D eigenvalue weighted by Gasteiger charge is -2.11. The van der Waals surface area contributed by atoms with E-state index in [1.54, 1.807) is 12.1 Å². The maximum atomic E-state index is 11.4. The predicted octanol–water partition coefficient (Wildman–Crippen LogP) is 1.57. The molecule has 18 heavy (non-hydrogen) atoms. The van der Waals surface area contributed by atoms with E-state index in [0.717, 1.165) is 6.07 Å². The number of hydrogen-bond donors (Lipinski definition) is 4. The van der Waals surface area contributed by atoms with Crippen LogP contribution in [0.1, 0.15) is 0 Å². The molecule has 2 aromatic carbocycles. The Morgan fingerprint density at radius 2 is 1.56 bits per heavy atom. The lowest BCUT2D eigenvalue weighted by atomic mass is 10.1. The molecule has 2 aromatic rings. The first-order chi connectivity index (χ1) is 8.38. The summed E-state index contributed by atoms with van der Waals surface area (Å²) in [5.74, 6) is -0.227. The van der Waals surface area contributed by atoms with Crippen molar-refractivity contribution in [2.75, 3.05) is 0 Å². The first-order valence-corrected chi connectivity index (χ1v) is 6.68.